The van der Waals surface area contributed by atoms with Crippen LogP contribution in [0.1, 0.15) is 11.6 Å². The quantitative estimate of drug-likeness (QED) is 0.469. The fraction of sp³-hybridized carbons (Fsp3) is 0.462. The molecule has 0 spiro atoms. The normalized spacial score (nSPS) is 24.9. The molecule has 0 aliphatic carbocycles. The standard InChI is InChI=1S/C13H16N2O7/c16-4-8-9(6-22-10(8)5-17)15-3-7(1-2-11(18)19)12(20)14-13(15)21/h1-3,8-10,16-17H,4-6H2,(H,18,19)(H,14,20,21)/b2-1+/t8-,9+,10+/m1/s1. The summed E-state index contributed by atoms with van der Waals surface area (Å²) in [6.45, 7) is -0.516. The monoisotopic (exact) mass is 312 g/mol. The van der Waals surface area contributed by atoms with Crippen LogP contribution in [0.2, 0.25) is 0 Å². The molecule has 1 aliphatic rings. The molecule has 1 saturated heterocycles. The van der Waals surface area contributed by atoms with Crippen molar-refractivity contribution in [1.29, 1.82) is 0 Å². The van der Waals surface area contributed by atoms with Crippen molar-refractivity contribution in [3.8, 4) is 0 Å². The number of H-pyrrole nitrogens is 1. The highest BCUT2D eigenvalue weighted by molar-refractivity contribution is 5.85. The Morgan fingerprint density at radius 1 is 1.41 bits per heavy atom. The van der Waals surface area contributed by atoms with Crippen molar-refractivity contribution < 1.29 is 24.9 Å². The Bertz CT molecular complexity index is 690. The second kappa shape index (κ2) is 6.69. The highest BCUT2D eigenvalue weighted by atomic mass is 16.5. The predicted octanol–water partition coefficient (Wildman–Crippen LogP) is -1.82. The van der Waals surface area contributed by atoms with E-state index in [-0.39, 0.29) is 25.4 Å². The van der Waals surface area contributed by atoms with E-state index in [1.54, 1.807) is 0 Å². The Labute approximate surface area is 124 Å². The molecule has 0 aromatic carbocycles. The number of hydrogen-bond donors (Lipinski definition) is 4. The maximum Gasteiger partial charge on any atom is 0.328 e. The predicted molar refractivity (Wildman–Crippen MR) is 74.4 cm³/mol. The summed E-state index contributed by atoms with van der Waals surface area (Å²) in [5.41, 5.74) is -1.41. The number of aliphatic hydroxyl groups is 2. The lowest BCUT2D eigenvalue weighted by Crippen LogP contribution is -2.37. The molecule has 0 amide bonds. The van der Waals surface area contributed by atoms with E-state index in [2.05, 4.69) is 4.98 Å². The minimum absolute atomic E-state index is 0.00821. The smallest absolute Gasteiger partial charge is 0.328 e. The van der Waals surface area contributed by atoms with Gasteiger partial charge in [-0.05, 0) is 6.08 Å². The molecule has 2 rings (SSSR count). The van der Waals surface area contributed by atoms with E-state index in [0.29, 0.717) is 0 Å². The van der Waals surface area contributed by atoms with Crippen LogP contribution in [-0.2, 0) is 9.53 Å². The number of aromatic amines is 1. The Morgan fingerprint density at radius 2 is 2.14 bits per heavy atom. The molecule has 1 aromatic rings. The lowest BCUT2D eigenvalue weighted by molar-refractivity contribution is -0.131. The number of aliphatic hydroxyl groups excluding tert-OH is 2. The molecule has 0 bridgehead atoms. The van der Waals surface area contributed by atoms with Crippen LogP contribution < -0.4 is 11.2 Å². The summed E-state index contributed by atoms with van der Waals surface area (Å²) >= 11 is 0. The molecule has 0 saturated carbocycles. The third-order valence-electron chi connectivity index (χ3n) is 3.60. The van der Waals surface area contributed by atoms with E-state index in [1.165, 1.54) is 10.8 Å². The molecule has 1 aliphatic heterocycles. The molecule has 0 radical (unpaired) electrons. The summed E-state index contributed by atoms with van der Waals surface area (Å²) in [4.78, 5) is 36.2. The molecular weight excluding hydrogens is 296 g/mol. The number of ether oxygens (including phenoxy) is 1. The number of hydrogen-bond acceptors (Lipinski definition) is 6. The topological polar surface area (TPSA) is 142 Å². The van der Waals surface area contributed by atoms with Crippen LogP contribution in [0.25, 0.3) is 6.08 Å². The molecule has 2 heterocycles. The summed E-state index contributed by atoms with van der Waals surface area (Å²) in [7, 11) is 0. The Balaban J connectivity index is 2.43. The first-order chi connectivity index (χ1) is 10.5. The van der Waals surface area contributed by atoms with Gasteiger partial charge in [-0.3, -0.25) is 14.3 Å². The summed E-state index contributed by atoms with van der Waals surface area (Å²) in [6.07, 6.45) is 2.47. The molecule has 120 valence electrons. The van der Waals surface area contributed by atoms with Crippen LogP contribution in [0.15, 0.2) is 21.9 Å². The van der Waals surface area contributed by atoms with Gasteiger partial charge in [-0.2, -0.15) is 0 Å². The number of carbonyl (C=O) groups is 1. The van der Waals surface area contributed by atoms with Crippen LogP contribution in [0.4, 0.5) is 0 Å². The third kappa shape index (κ3) is 3.16. The zero-order valence-corrected chi connectivity index (χ0v) is 11.5. The van der Waals surface area contributed by atoms with E-state index < -0.39 is 35.3 Å². The van der Waals surface area contributed by atoms with Gasteiger partial charge in [0.05, 0.1) is 37.5 Å². The van der Waals surface area contributed by atoms with Gasteiger partial charge in [0.15, 0.2) is 0 Å². The zero-order valence-electron chi connectivity index (χ0n) is 11.5. The van der Waals surface area contributed by atoms with Crippen molar-refractivity contribution in [3.63, 3.8) is 0 Å². The van der Waals surface area contributed by atoms with E-state index in [0.717, 1.165) is 12.2 Å². The Morgan fingerprint density at radius 3 is 2.73 bits per heavy atom. The third-order valence-corrected chi connectivity index (χ3v) is 3.60. The molecule has 9 heteroatoms. The summed E-state index contributed by atoms with van der Waals surface area (Å²) < 4.78 is 6.50. The van der Waals surface area contributed by atoms with Crippen LogP contribution >= 0.6 is 0 Å². The Hall–Kier alpha value is -2.23. The molecule has 0 unspecified atom stereocenters. The second-order valence-electron chi connectivity index (χ2n) is 4.89. The zero-order chi connectivity index (χ0) is 16.3. The van der Waals surface area contributed by atoms with Gasteiger partial charge in [-0.15, -0.1) is 0 Å². The van der Waals surface area contributed by atoms with Crippen molar-refractivity contribution in [2.45, 2.75) is 12.1 Å². The average molecular weight is 312 g/mol. The first kappa shape index (κ1) is 16.1. The minimum atomic E-state index is -1.23. The fourth-order valence-electron chi connectivity index (χ4n) is 2.46. The average Bonchev–Trinajstić information content (AvgIpc) is 2.88. The lowest BCUT2D eigenvalue weighted by Gasteiger charge is -2.21. The largest absolute Gasteiger partial charge is 0.478 e. The second-order valence-corrected chi connectivity index (χ2v) is 4.89. The maximum absolute atomic E-state index is 11.9. The number of nitrogens with zero attached hydrogens (tertiary/aromatic N) is 1. The van der Waals surface area contributed by atoms with Crippen molar-refractivity contribution in [1.82, 2.24) is 9.55 Å². The SMILES string of the molecule is O=C(O)/C=C/c1cn([C@H]2CO[C@@H](CO)[C@@H]2CO)c(=O)[nH]c1=O. The van der Waals surface area contributed by atoms with Crippen LogP contribution in [-0.4, -0.2) is 56.8 Å². The fourth-order valence-corrected chi connectivity index (χ4v) is 2.46. The molecule has 9 nitrogen and oxygen atoms in total. The van der Waals surface area contributed by atoms with E-state index in [9.17, 15) is 24.6 Å². The van der Waals surface area contributed by atoms with Gasteiger partial charge in [0.1, 0.15) is 0 Å². The number of carboxylic acids is 1. The molecular formula is C13H16N2O7. The Kier molecular flexibility index (Phi) is 4.91. The van der Waals surface area contributed by atoms with Crippen LogP contribution in [0.5, 0.6) is 0 Å². The number of aliphatic carboxylic acids is 1. The molecule has 4 N–H and O–H groups in total. The molecule has 22 heavy (non-hydrogen) atoms. The highest BCUT2D eigenvalue weighted by Gasteiger charge is 2.38. The first-order valence-corrected chi connectivity index (χ1v) is 6.57. The summed E-state index contributed by atoms with van der Waals surface area (Å²) in [5.74, 6) is -1.74. The van der Waals surface area contributed by atoms with E-state index in [1.807, 2.05) is 0 Å². The molecule has 1 fully saturated rings. The van der Waals surface area contributed by atoms with Crippen molar-refractivity contribution in [2.24, 2.45) is 5.92 Å². The van der Waals surface area contributed by atoms with Gasteiger partial charge in [-0.1, -0.05) is 0 Å². The van der Waals surface area contributed by atoms with Gasteiger partial charge in [0, 0.05) is 18.2 Å². The van der Waals surface area contributed by atoms with E-state index in [4.69, 9.17) is 9.84 Å². The van der Waals surface area contributed by atoms with Gasteiger partial charge in [0.25, 0.3) is 5.56 Å². The van der Waals surface area contributed by atoms with Crippen molar-refractivity contribution >= 4 is 12.0 Å². The van der Waals surface area contributed by atoms with Gasteiger partial charge in [0.2, 0.25) is 0 Å². The number of nitrogens with one attached hydrogen (secondary N) is 1. The number of aromatic nitrogens is 2. The maximum atomic E-state index is 11.9. The summed E-state index contributed by atoms with van der Waals surface area (Å²) in [5, 5.41) is 27.2. The highest BCUT2D eigenvalue weighted by Crippen LogP contribution is 2.29. The summed E-state index contributed by atoms with van der Waals surface area (Å²) in [6, 6.07) is -0.566. The molecule has 1 aromatic heterocycles. The van der Waals surface area contributed by atoms with Gasteiger partial charge >= 0.3 is 11.7 Å². The first-order valence-electron chi connectivity index (χ1n) is 6.57. The van der Waals surface area contributed by atoms with Gasteiger partial charge < -0.3 is 20.1 Å². The van der Waals surface area contributed by atoms with Crippen LogP contribution in [0, 0.1) is 5.92 Å². The van der Waals surface area contributed by atoms with Crippen molar-refractivity contribution in [3.05, 3.63) is 38.7 Å². The number of carboxylic acid groups (broad SMARTS) is 1. The lowest BCUT2D eigenvalue weighted by atomic mass is 9.98. The number of rotatable bonds is 5. The van der Waals surface area contributed by atoms with Crippen LogP contribution in [0.3, 0.4) is 0 Å². The minimum Gasteiger partial charge on any atom is -0.478 e. The van der Waals surface area contributed by atoms with Crippen molar-refractivity contribution in [2.75, 3.05) is 19.8 Å². The van der Waals surface area contributed by atoms with Gasteiger partial charge in [-0.25, -0.2) is 9.59 Å². The van der Waals surface area contributed by atoms with E-state index >= 15 is 0 Å². The molecule has 3 atom stereocenters.